The predicted molar refractivity (Wildman–Crippen MR) is 80.4 cm³/mol. The Morgan fingerprint density at radius 2 is 2.05 bits per heavy atom. The van der Waals surface area contributed by atoms with Crippen LogP contribution in [0.4, 0.5) is 4.39 Å². The van der Waals surface area contributed by atoms with Gasteiger partial charge in [0.15, 0.2) is 0 Å². The summed E-state index contributed by atoms with van der Waals surface area (Å²) in [6, 6.07) is 6.82. The van der Waals surface area contributed by atoms with Crippen molar-refractivity contribution in [2.24, 2.45) is 11.8 Å². The molecule has 3 rings (SSSR count). The Hall–Kier alpha value is -0.930. The van der Waals surface area contributed by atoms with Gasteiger partial charge in [-0.25, -0.2) is 4.39 Å². The van der Waals surface area contributed by atoms with E-state index in [4.69, 9.17) is 9.47 Å². The van der Waals surface area contributed by atoms with Crippen LogP contribution >= 0.6 is 0 Å². The van der Waals surface area contributed by atoms with Crippen LogP contribution in [0.5, 0.6) is 0 Å². The smallest absolute Gasteiger partial charge is 0.128 e. The van der Waals surface area contributed by atoms with Crippen molar-refractivity contribution in [1.29, 1.82) is 0 Å². The van der Waals surface area contributed by atoms with E-state index in [0.29, 0.717) is 24.0 Å². The standard InChI is InChI=1S/C18H25FO2/c1-12(2)18-10-16(17(4,21-18)9-13(18)3)20-11-14-7-5-6-8-15(14)19/h5-8,12-13,16H,9-11H2,1-4H3/t13-,16-,17+,18-/m1/s1. The summed E-state index contributed by atoms with van der Waals surface area (Å²) in [7, 11) is 0. The van der Waals surface area contributed by atoms with Gasteiger partial charge in [0.05, 0.1) is 23.9 Å². The number of hydrogen-bond acceptors (Lipinski definition) is 2. The summed E-state index contributed by atoms with van der Waals surface area (Å²) in [5.41, 5.74) is 0.319. The minimum Gasteiger partial charge on any atom is -0.370 e. The third-order valence-corrected chi connectivity index (χ3v) is 5.53. The van der Waals surface area contributed by atoms with Gasteiger partial charge in [-0.3, -0.25) is 0 Å². The first-order valence-corrected chi connectivity index (χ1v) is 7.92. The summed E-state index contributed by atoms with van der Waals surface area (Å²) >= 11 is 0. The normalized spacial score (nSPS) is 38.4. The molecule has 0 aliphatic carbocycles. The third kappa shape index (κ3) is 2.31. The molecular formula is C18H25FO2. The molecule has 0 aromatic heterocycles. The minimum atomic E-state index is -0.227. The molecular weight excluding hydrogens is 267 g/mol. The Morgan fingerprint density at radius 3 is 2.67 bits per heavy atom. The van der Waals surface area contributed by atoms with Gasteiger partial charge in [0.25, 0.3) is 0 Å². The summed E-state index contributed by atoms with van der Waals surface area (Å²) in [6.45, 7) is 9.19. The summed E-state index contributed by atoms with van der Waals surface area (Å²) in [4.78, 5) is 0. The van der Waals surface area contributed by atoms with Crippen LogP contribution < -0.4 is 0 Å². The fraction of sp³-hybridized carbons (Fsp3) is 0.667. The molecule has 2 fully saturated rings. The van der Waals surface area contributed by atoms with Crippen molar-refractivity contribution in [3.8, 4) is 0 Å². The van der Waals surface area contributed by atoms with Crippen LogP contribution in [0.15, 0.2) is 24.3 Å². The van der Waals surface area contributed by atoms with E-state index in [1.54, 1.807) is 12.1 Å². The average molecular weight is 292 g/mol. The van der Waals surface area contributed by atoms with Crippen molar-refractivity contribution in [2.45, 2.75) is 64.4 Å². The Morgan fingerprint density at radius 1 is 1.33 bits per heavy atom. The lowest BCUT2D eigenvalue weighted by Gasteiger charge is -2.36. The Balaban J connectivity index is 1.73. The van der Waals surface area contributed by atoms with Crippen molar-refractivity contribution < 1.29 is 13.9 Å². The number of benzene rings is 1. The highest BCUT2D eigenvalue weighted by Gasteiger charge is 2.64. The van der Waals surface area contributed by atoms with Gasteiger partial charge in [-0.1, -0.05) is 39.0 Å². The topological polar surface area (TPSA) is 18.5 Å². The molecule has 2 bridgehead atoms. The summed E-state index contributed by atoms with van der Waals surface area (Å²) in [5, 5.41) is 0. The quantitative estimate of drug-likeness (QED) is 0.822. The fourth-order valence-corrected chi connectivity index (χ4v) is 4.27. The molecule has 1 aromatic rings. The first-order chi connectivity index (χ1) is 9.87. The SMILES string of the molecule is CC(C)[C@]12C[C@@H](OCc3ccccc3F)[C@](C)(C[C@H]1C)O2. The molecule has 2 aliphatic rings. The number of rotatable bonds is 4. The highest BCUT2D eigenvalue weighted by Crippen LogP contribution is 2.58. The lowest BCUT2D eigenvalue weighted by atomic mass is 9.69. The maximum atomic E-state index is 13.7. The lowest BCUT2D eigenvalue weighted by molar-refractivity contribution is -0.0992. The van der Waals surface area contributed by atoms with Gasteiger partial charge in [0.1, 0.15) is 5.82 Å². The molecule has 1 aromatic carbocycles. The van der Waals surface area contributed by atoms with Crippen LogP contribution in [-0.2, 0) is 16.1 Å². The molecule has 0 unspecified atom stereocenters. The van der Waals surface area contributed by atoms with Crippen LogP contribution in [0.1, 0.15) is 46.1 Å². The minimum absolute atomic E-state index is 0.0516. The molecule has 0 saturated carbocycles. The van der Waals surface area contributed by atoms with Gasteiger partial charge in [0, 0.05) is 12.0 Å². The summed E-state index contributed by atoms with van der Waals surface area (Å²) < 4.78 is 26.2. The van der Waals surface area contributed by atoms with Gasteiger partial charge in [-0.2, -0.15) is 0 Å². The summed E-state index contributed by atoms with van der Waals surface area (Å²) in [6.07, 6.45) is 1.99. The van der Waals surface area contributed by atoms with E-state index in [-0.39, 0.29) is 23.1 Å². The maximum Gasteiger partial charge on any atom is 0.128 e. The average Bonchev–Trinajstić information content (AvgIpc) is 2.86. The van der Waals surface area contributed by atoms with Crippen molar-refractivity contribution in [3.63, 3.8) is 0 Å². The largest absolute Gasteiger partial charge is 0.370 e. The van der Waals surface area contributed by atoms with E-state index in [2.05, 4.69) is 27.7 Å². The number of ether oxygens (including phenoxy) is 2. The maximum absolute atomic E-state index is 13.7. The van der Waals surface area contributed by atoms with Crippen molar-refractivity contribution in [1.82, 2.24) is 0 Å². The van der Waals surface area contributed by atoms with Gasteiger partial charge in [-0.15, -0.1) is 0 Å². The van der Waals surface area contributed by atoms with Crippen molar-refractivity contribution >= 4 is 0 Å². The first kappa shape index (κ1) is 15.0. The van der Waals surface area contributed by atoms with E-state index in [0.717, 1.165) is 12.8 Å². The van der Waals surface area contributed by atoms with Crippen molar-refractivity contribution in [3.05, 3.63) is 35.6 Å². The fourth-order valence-electron chi connectivity index (χ4n) is 4.27. The molecule has 0 amide bonds. The first-order valence-electron chi connectivity index (χ1n) is 7.92. The zero-order valence-corrected chi connectivity index (χ0v) is 13.4. The second-order valence-corrected chi connectivity index (χ2v) is 7.22. The molecule has 2 saturated heterocycles. The van der Waals surface area contributed by atoms with Crippen LogP contribution in [0.3, 0.4) is 0 Å². The van der Waals surface area contributed by atoms with Gasteiger partial charge < -0.3 is 9.47 Å². The van der Waals surface area contributed by atoms with E-state index in [1.807, 2.05) is 6.07 Å². The lowest BCUT2D eigenvalue weighted by Crippen LogP contribution is -2.43. The van der Waals surface area contributed by atoms with Gasteiger partial charge >= 0.3 is 0 Å². The summed E-state index contributed by atoms with van der Waals surface area (Å²) in [5.74, 6) is 0.825. The highest BCUT2D eigenvalue weighted by molar-refractivity contribution is 5.17. The zero-order chi connectivity index (χ0) is 15.3. The monoisotopic (exact) mass is 292 g/mol. The van der Waals surface area contributed by atoms with Gasteiger partial charge in [0.2, 0.25) is 0 Å². The Kier molecular flexibility index (Phi) is 3.61. The molecule has 21 heavy (non-hydrogen) atoms. The molecule has 2 heterocycles. The van der Waals surface area contributed by atoms with E-state index in [9.17, 15) is 4.39 Å². The number of hydrogen-bond donors (Lipinski definition) is 0. The molecule has 3 heteroatoms. The van der Waals surface area contributed by atoms with Crippen LogP contribution in [0, 0.1) is 17.7 Å². The van der Waals surface area contributed by atoms with Crippen molar-refractivity contribution in [2.75, 3.05) is 0 Å². The van der Waals surface area contributed by atoms with E-state index < -0.39 is 0 Å². The predicted octanol–water partition coefficient (Wildman–Crippen LogP) is 4.32. The van der Waals surface area contributed by atoms with Crippen LogP contribution in [0.2, 0.25) is 0 Å². The molecule has 0 spiro atoms. The zero-order valence-electron chi connectivity index (χ0n) is 13.4. The number of halogens is 1. The van der Waals surface area contributed by atoms with Crippen LogP contribution in [0.25, 0.3) is 0 Å². The Bertz CT molecular complexity index is 530. The second-order valence-electron chi connectivity index (χ2n) is 7.22. The molecule has 0 N–H and O–H groups in total. The molecule has 2 aliphatic heterocycles. The highest BCUT2D eigenvalue weighted by atomic mass is 19.1. The van der Waals surface area contributed by atoms with E-state index >= 15 is 0 Å². The molecule has 0 radical (unpaired) electrons. The van der Waals surface area contributed by atoms with Crippen LogP contribution in [-0.4, -0.2) is 17.3 Å². The molecule has 2 nitrogen and oxygen atoms in total. The van der Waals surface area contributed by atoms with Gasteiger partial charge in [-0.05, 0) is 31.2 Å². The molecule has 4 atom stereocenters. The molecule has 116 valence electrons. The Labute approximate surface area is 126 Å². The second kappa shape index (κ2) is 5.06. The number of fused-ring (bicyclic) bond motifs is 2. The third-order valence-electron chi connectivity index (χ3n) is 5.53. The van der Waals surface area contributed by atoms with E-state index in [1.165, 1.54) is 6.07 Å².